The fraction of sp³-hybridized carbons (Fsp3) is 0.341. The summed E-state index contributed by atoms with van der Waals surface area (Å²) in [7, 11) is 1.70. The molecule has 0 aliphatic carbocycles. The van der Waals surface area contributed by atoms with Gasteiger partial charge < -0.3 is 4.74 Å². The fourth-order valence-electron chi connectivity index (χ4n) is 5.24. The molecule has 5 nitrogen and oxygen atoms in total. The van der Waals surface area contributed by atoms with Gasteiger partial charge in [0.05, 0.1) is 24.1 Å². The first-order chi connectivity index (χ1) is 24.1. The van der Waals surface area contributed by atoms with Gasteiger partial charge in [0, 0.05) is 42.9 Å². The number of amidine groups is 1. The zero-order valence-corrected chi connectivity index (χ0v) is 29.6. The first-order valence-corrected chi connectivity index (χ1v) is 17.1. The predicted molar refractivity (Wildman–Crippen MR) is 195 cm³/mol. The Morgan fingerprint density at radius 3 is 2.12 bits per heavy atom. The number of aliphatic imine (C=N–C) groups is 1. The van der Waals surface area contributed by atoms with E-state index in [1.807, 2.05) is 43.6 Å². The van der Waals surface area contributed by atoms with E-state index < -0.39 is 17.6 Å². The molecule has 5 rings (SSSR count). The monoisotopic (exact) mass is 689 g/mol. The minimum absolute atomic E-state index is 0.0249. The topological polar surface area (TPSA) is 54.8 Å². The Bertz CT molecular complexity index is 1700. The smallest absolute Gasteiger partial charge is 0.419 e. The summed E-state index contributed by atoms with van der Waals surface area (Å²) in [6.45, 7) is 8.37. The molecule has 0 unspecified atom stereocenters. The van der Waals surface area contributed by atoms with Gasteiger partial charge in [-0.2, -0.15) is 13.2 Å². The molecule has 1 aromatic heterocycles. The summed E-state index contributed by atoms with van der Waals surface area (Å²) in [6.07, 6.45) is 7.56. The largest absolute Gasteiger partial charge is 0.497 e. The summed E-state index contributed by atoms with van der Waals surface area (Å²) >= 11 is 0. The van der Waals surface area contributed by atoms with Crippen LogP contribution in [-0.2, 0) is 23.8 Å². The molecule has 2 heterocycles. The lowest BCUT2D eigenvalue weighted by atomic mass is 10.0. The van der Waals surface area contributed by atoms with E-state index in [0.29, 0.717) is 18.9 Å². The average Bonchev–Trinajstić information content (AvgIpc) is 3.11. The second-order valence-electron chi connectivity index (χ2n) is 11.7. The van der Waals surface area contributed by atoms with Crippen molar-refractivity contribution in [2.75, 3.05) is 12.0 Å². The van der Waals surface area contributed by atoms with Crippen molar-refractivity contribution < 1.29 is 27.1 Å². The standard InChI is InChI=1S/C22H26N2O.C12H12F4O.C7H9N/c1-4-6-12-21-19-10-7-8-11-20(19)23-22(9-5-2)24(21)17-13-15-18(25-3)16-14-17;1-2-3-9(17)6-8-4-5-10(11(13)7-8)12(14,15)16;1-2-7-3-5-8-6-4-7/h7-8,10-16H,4-6,9H2,1-3H3;4-5,7H,2-3,6H2,1H3;3-6H,2H2,1H3. The van der Waals surface area contributed by atoms with Gasteiger partial charge >= 0.3 is 6.18 Å². The van der Waals surface area contributed by atoms with Crippen molar-refractivity contribution in [1.82, 2.24) is 4.98 Å². The number of fused-ring (bicyclic) bond motifs is 1. The Kier molecular flexibility index (Phi) is 15.9. The zero-order chi connectivity index (χ0) is 36.5. The number of hydrogen-bond acceptors (Lipinski definition) is 5. The van der Waals surface area contributed by atoms with Gasteiger partial charge in [0.25, 0.3) is 0 Å². The van der Waals surface area contributed by atoms with Crippen molar-refractivity contribution in [1.29, 1.82) is 0 Å². The minimum atomic E-state index is -4.70. The highest BCUT2D eigenvalue weighted by atomic mass is 19.4. The van der Waals surface area contributed by atoms with Crippen LogP contribution in [0.4, 0.5) is 28.9 Å². The number of nitrogens with zero attached hydrogens (tertiary/aromatic N) is 3. The lowest BCUT2D eigenvalue weighted by Crippen LogP contribution is -2.31. The highest BCUT2D eigenvalue weighted by Crippen LogP contribution is 2.39. The molecule has 0 spiro atoms. The lowest BCUT2D eigenvalue weighted by Gasteiger charge is -2.33. The van der Waals surface area contributed by atoms with Crippen LogP contribution in [0.2, 0.25) is 0 Å². The Morgan fingerprint density at radius 1 is 0.860 bits per heavy atom. The SMILES string of the molecule is CCCC(=O)Cc1ccc(C(F)(F)F)c(F)c1.CCCC=C1c2ccccc2N=C(CCC)N1c1ccc(OC)cc1.CCc1ccncc1. The number of aromatic nitrogens is 1. The molecule has 4 aromatic rings. The van der Waals surface area contributed by atoms with E-state index >= 15 is 0 Å². The maximum Gasteiger partial charge on any atom is 0.419 e. The number of alkyl halides is 3. The number of unbranched alkanes of at least 4 members (excludes halogenated alkanes) is 1. The Hall–Kier alpha value is -4.79. The Morgan fingerprint density at radius 2 is 1.56 bits per heavy atom. The maximum absolute atomic E-state index is 13.2. The van der Waals surface area contributed by atoms with Gasteiger partial charge in [0.15, 0.2) is 0 Å². The number of aryl methyl sites for hydroxylation is 1. The van der Waals surface area contributed by atoms with E-state index in [2.05, 4.69) is 73.1 Å². The molecule has 1 aliphatic heterocycles. The summed E-state index contributed by atoms with van der Waals surface area (Å²) in [5.74, 6) is 0.536. The van der Waals surface area contributed by atoms with Gasteiger partial charge in [0.1, 0.15) is 23.2 Å². The summed E-state index contributed by atoms with van der Waals surface area (Å²) in [4.78, 5) is 22.4. The van der Waals surface area contributed by atoms with Crippen LogP contribution in [0, 0.1) is 5.82 Å². The number of pyridine rings is 1. The van der Waals surface area contributed by atoms with Crippen molar-refractivity contribution in [3.8, 4) is 5.75 Å². The Balaban J connectivity index is 0.000000232. The first-order valence-electron chi connectivity index (χ1n) is 17.1. The van der Waals surface area contributed by atoms with Crippen LogP contribution in [0.3, 0.4) is 0 Å². The highest BCUT2D eigenvalue weighted by Gasteiger charge is 2.34. The minimum Gasteiger partial charge on any atom is -0.497 e. The molecule has 1 aliphatic rings. The van der Waals surface area contributed by atoms with Crippen LogP contribution in [0.25, 0.3) is 5.70 Å². The molecule has 0 N–H and O–H groups in total. The highest BCUT2D eigenvalue weighted by molar-refractivity contribution is 6.13. The van der Waals surface area contributed by atoms with E-state index in [4.69, 9.17) is 9.73 Å². The summed E-state index contributed by atoms with van der Waals surface area (Å²) in [5.41, 5.74) is 4.95. The summed E-state index contributed by atoms with van der Waals surface area (Å²) < 4.78 is 55.2. The molecule has 0 bridgehead atoms. The molecule has 0 atom stereocenters. The number of carbonyl (C=O) groups excluding carboxylic acids is 1. The number of halogens is 4. The number of allylic oxidation sites excluding steroid dienone is 1. The molecule has 0 amide bonds. The molecule has 0 radical (unpaired) electrons. The van der Waals surface area contributed by atoms with E-state index in [1.54, 1.807) is 7.11 Å². The van der Waals surface area contributed by atoms with Crippen LogP contribution in [0.5, 0.6) is 5.75 Å². The van der Waals surface area contributed by atoms with Crippen LogP contribution in [-0.4, -0.2) is 23.7 Å². The molecule has 266 valence electrons. The van der Waals surface area contributed by atoms with Crippen molar-refractivity contribution in [3.63, 3.8) is 0 Å². The third kappa shape index (κ3) is 11.7. The van der Waals surface area contributed by atoms with Crippen molar-refractivity contribution in [3.05, 3.63) is 125 Å². The van der Waals surface area contributed by atoms with Crippen LogP contribution in [0.1, 0.15) is 88.5 Å². The Labute approximate surface area is 293 Å². The third-order valence-electron chi connectivity index (χ3n) is 7.79. The van der Waals surface area contributed by atoms with Gasteiger partial charge in [-0.05, 0) is 91.4 Å². The normalized spacial score (nSPS) is 12.9. The number of hydrogen-bond donors (Lipinski definition) is 0. The van der Waals surface area contributed by atoms with Crippen LogP contribution >= 0.6 is 0 Å². The maximum atomic E-state index is 13.2. The van der Waals surface area contributed by atoms with Gasteiger partial charge in [-0.15, -0.1) is 0 Å². The van der Waals surface area contributed by atoms with Gasteiger partial charge in [-0.1, -0.05) is 64.5 Å². The summed E-state index contributed by atoms with van der Waals surface area (Å²) in [6, 6.07) is 23.3. The predicted octanol–water partition coefficient (Wildman–Crippen LogP) is 11.6. The lowest BCUT2D eigenvalue weighted by molar-refractivity contribution is -0.140. The summed E-state index contributed by atoms with van der Waals surface area (Å²) in [5, 5.41) is 0. The molecule has 9 heteroatoms. The van der Waals surface area contributed by atoms with E-state index in [9.17, 15) is 22.4 Å². The van der Waals surface area contributed by atoms with Gasteiger partial charge in [-0.3, -0.25) is 14.7 Å². The number of carbonyl (C=O) groups is 1. The number of ether oxygens (including phenoxy) is 1. The number of ketones is 1. The molecular weight excluding hydrogens is 642 g/mol. The second-order valence-corrected chi connectivity index (χ2v) is 11.7. The van der Waals surface area contributed by atoms with Gasteiger partial charge in [0.2, 0.25) is 0 Å². The molecule has 0 saturated carbocycles. The number of anilines is 1. The fourth-order valence-corrected chi connectivity index (χ4v) is 5.24. The average molecular weight is 690 g/mol. The molecule has 50 heavy (non-hydrogen) atoms. The van der Waals surface area contributed by atoms with Crippen molar-refractivity contribution in [2.45, 2.75) is 85.2 Å². The van der Waals surface area contributed by atoms with E-state index in [0.717, 1.165) is 67.2 Å². The molecule has 0 fully saturated rings. The van der Waals surface area contributed by atoms with Crippen LogP contribution < -0.4 is 9.64 Å². The molecular formula is C41H47F4N3O2. The zero-order valence-electron chi connectivity index (χ0n) is 29.6. The van der Waals surface area contributed by atoms with Crippen molar-refractivity contribution in [2.24, 2.45) is 4.99 Å². The van der Waals surface area contributed by atoms with Crippen molar-refractivity contribution >= 4 is 28.7 Å². The number of Topliss-reactive ketones (excluding diaryl/α,β-unsaturated/α-hetero) is 1. The number of rotatable bonds is 11. The first kappa shape index (κ1) is 39.6. The number of benzene rings is 3. The molecule has 3 aromatic carbocycles. The second kappa shape index (κ2) is 20.0. The van der Waals surface area contributed by atoms with Gasteiger partial charge in [-0.25, -0.2) is 9.38 Å². The van der Waals surface area contributed by atoms with E-state index in [-0.39, 0.29) is 17.8 Å². The third-order valence-corrected chi connectivity index (χ3v) is 7.79. The van der Waals surface area contributed by atoms with E-state index in [1.165, 1.54) is 16.8 Å². The quantitative estimate of drug-likeness (QED) is 0.147. The van der Waals surface area contributed by atoms with Crippen LogP contribution in [0.15, 0.2) is 102 Å². The number of methoxy groups -OCH3 is 1. The number of para-hydroxylation sites is 1. The molecule has 0 saturated heterocycles.